The number of benzene rings is 1. The Morgan fingerprint density at radius 1 is 1.26 bits per heavy atom. The van der Waals surface area contributed by atoms with E-state index in [9.17, 15) is 9.90 Å². The van der Waals surface area contributed by atoms with Crippen LogP contribution in [0.4, 0.5) is 5.82 Å². The monoisotopic (exact) mass is 401 g/mol. The second-order valence-corrected chi connectivity index (χ2v) is 7.89. The number of phenols is 1. The number of thiazole rings is 1. The van der Waals surface area contributed by atoms with Crippen molar-refractivity contribution < 1.29 is 9.90 Å². The van der Waals surface area contributed by atoms with Crippen LogP contribution in [-0.4, -0.2) is 25.5 Å². The maximum absolute atomic E-state index is 12.2. The molecule has 0 aliphatic rings. The summed E-state index contributed by atoms with van der Waals surface area (Å²) in [4.78, 5) is 21.8. The molecular weight excluding hydrogens is 386 g/mol. The number of nitrogen functional groups attached to an aromatic ring is 1. The highest BCUT2D eigenvalue weighted by Gasteiger charge is 2.28. The summed E-state index contributed by atoms with van der Waals surface area (Å²) in [6.07, 6.45) is 0. The number of carbonyl (C=O) groups excluding carboxylic acids is 1. The van der Waals surface area contributed by atoms with E-state index in [-0.39, 0.29) is 22.3 Å². The summed E-state index contributed by atoms with van der Waals surface area (Å²) in [7, 11) is 0. The van der Waals surface area contributed by atoms with E-state index >= 15 is 0 Å². The summed E-state index contributed by atoms with van der Waals surface area (Å²) in [6.45, 7) is 5.53. The number of phenolic OH excluding ortho intramolecular Hbond substituents is 1. The number of primary amides is 1. The molecule has 138 valence electrons. The van der Waals surface area contributed by atoms with Crippen LogP contribution in [0.25, 0.3) is 26.9 Å². The van der Waals surface area contributed by atoms with Crippen LogP contribution in [0.2, 0.25) is 5.15 Å². The van der Waals surface area contributed by atoms with Crippen LogP contribution in [0.3, 0.4) is 0 Å². The zero-order chi connectivity index (χ0) is 19.6. The van der Waals surface area contributed by atoms with Gasteiger partial charge in [-0.1, -0.05) is 29.0 Å². The van der Waals surface area contributed by atoms with Crippen molar-refractivity contribution in [1.82, 2.24) is 14.5 Å². The summed E-state index contributed by atoms with van der Waals surface area (Å²) < 4.78 is 1.69. The highest BCUT2D eigenvalue weighted by atomic mass is 35.5. The van der Waals surface area contributed by atoms with Crippen molar-refractivity contribution in [1.29, 1.82) is 0 Å². The maximum atomic E-state index is 12.2. The van der Waals surface area contributed by atoms with Gasteiger partial charge in [-0.3, -0.25) is 9.36 Å². The molecule has 3 heterocycles. The van der Waals surface area contributed by atoms with E-state index in [4.69, 9.17) is 23.1 Å². The normalized spacial score (nSPS) is 11.6. The molecule has 1 amide bonds. The van der Waals surface area contributed by atoms with E-state index in [0.717, 1.165) is 10.6 Å². The molecule has 0 fully saturated rings. The number of aryl methyl sites for hydroxylation is 2. The Labute approximate surface area is 163 Å². The molecule has 27 heavy (non-hydrogen) atoms. The number of hydrogen-bond donors (Lipinski definition) is 3. The lowest BCUT2D eigenvalue weighted by molar-refractivity contribution is 0.100. The van der Waals surface area contributed by atoms with Gasteiger partial charge in [-0.15, -0.1) is 0 Å². The molecule has 0 atom stereocenters. The number of aromatic hydroxyl groups is 1. The van der Waals surface area contributed by atoms with Crippen LogP contribution in [0, 0.1) is 20.8 Å². The Hall–Kier alpha value is -2.84. The van der Waals surface area contributed by atoms with Crippen molar-refractivity contribution >= 4 is 55.9 Å². The lowest BCUT2D eigenvalue weighted by atomic mass is 10.1. The molecule has 0 unspecified atom stereocenters. The second kappa shape index (κ2) is 5.83. The van der Waals surface area contributed by atoms with Crippen molar-refractivity contribution in [2.45, 2.75) is 20.8 Å². The van der Waals surface area contributed by atoms with Gasteiger partial charge in [0.2, 0.25) is 0 Å². The summed E-state index contributed by atoms with van der Waals surface area (Å²) in [5.41, 5.74) is 15.3. The third-order valence-corrected chi connectivity index (χ3v) is 5.77. The highest BCUT2D eigenvalue weighted by Crippen LogP contribution is 2.42. The van der Waals surface area contributed by atoms with Gasteiger partial charge in [-0.25, -0.2) is 9.97 Å². The summed E-state index contributed by atoms with van der Waals surface area (Å²) >= 11 is 7.81. The van der Waals surface area contributed by atoms with E-state index in [1.807, 2.05) is 13.8 Å². The number of carbonyl (C=O) groups is 1. The number of amides is 1. The third-order valence-electron chi connectivity index (χ3n) is 4.63. The molecule has 5 N–H and O–H groups in total. The first-order valence-corrected chi connectivity index (χ1v) is 9.27. The van der Waals surface area contributed by atoms with E-state index in [1.54, 1.807) is 23.6 Å². The maximum Gasteiger partial charge on any atom is 0.253 e. The molecule has 9 heteroatoms. The summed E-state index contributed by atoms with van der Waals surface area (Å²) in [5, 5.41) is 11.5. The SMILES string of the molecule is Cc1nc2c(nc(Cl)c3c(C(N)=O)c(N)n(-c4c(C)ccc(O)c4C)c32)s1. The molecule has 0 spiro atoms. The Balaban J connectivity index is 2.34. The van der Waals surface area contributed by atoms with Gasteiger partial charge in [0.25, 0.3) is 5.91 Å². The number of hydrogen-bond acceptors (Lipinski definition) is 6. The number of nitrogens with zero attached hydrogens (tertiary/aromatic N) is 3. The standard InChI is InChI=1S/C18H16ClN5O2S/c1-6-4-5-9(25)7(2)13(6)24-14-10(11(16(24)20)17(21)26)15(19)23-18-12(14)22-8(3)27-18/h4-5,25H,20H2,1-3H3,(H2,21,26). The van der Waals surface area contributed by atoms with E-state index in [2.05, 4.69) is 9.97 Å². The van der Waals surface area contributed by atoms with Crippen molar-refractivity contribution in [3.8, 4) is 11.4 Å². The van der Waals surface area contributed by atoms with E-state index in [0.29, 0.717) is 32.5 Å². The van der Waals surface area contributed by atoms with Gasteiger partial charge in [0.05, 0.1) is 27.2 Å². The summed E-state index contributed by atoms with van der Waals surface area (Å²) in [6, 6.07) is 3.39. The first kappa shape index (κ1) is 17.6. The molecule has 4 aromatic rings. The predicted molar refractivity (Wildman–Crippen MR) is 108 cm³/mol. The number of fused-ring (bicyclic) bond motifs is 3. The quantitative estimate of drug-likeness (QED) is 0.443. The molecule has 4 rings (SSSR count). The van der Waals surface area contributed by atoms with Crippen LogP contribution in [-0.2, 0) is 0 Å². The summed E-state index contributed by atoms with van der Waals surface area (Å²) in [5.74, 6) is -0.457. The molecule has 0 saturated heterocycles. The number of rotatable bonds is 2. The minimum atomic E-state index is -0.707. The van der Waals surface area contributed by atoms with Crippen molar-refractivity contribution in [3.63, 3.8) is 0 Å². The molecule has 0 bridgehead atoms. The molecule has 0 aliphatic carbocycles. The minimum absolute atomic E-state index is 0.0946. The van der Waals surface area contributed by atoms with Crippen molar-refractivity contribution in [2.75, 3.05) is 5.73 Å². The molecule has 0 saturated carbocycles. The van der Waals surface area contributed by atoms with Crippen LogP contribution < -0.4 is 11.5 Å². The Kier molecular flexibility index (Phi) is 3.79. The lowest BCUT2D eigenvalue weighted by Gasteiger charge is -2.16. The smallest absolute Gasteiger partial charge is 0.253 e. The second-order valence-electron chi connectivity index (χ2n) is 6.35. The van der Waals surface area contributed by atoms with Gasteiger partial charge in [-0.05, 0) is 32.4 Å². The predicted octanol–water partition coefficient (Wildman–Crippen LogP) is 3.60. The first-order chi connectivity index (χ1) is 12.7. The fraction of sp³-hybridized carbons (Fsp3) is 0.167. The zero-order valence-corrected chi connectivity index (χ0v) is 16.4. The largest absolute Gasteiger partial charge is 0.508 e. The van der Waals surface area contributed by atoms with Gasteiger partial charge in [0, 0.05) is 5.56 Å². The van der Waals surface area contributed by atoms with Gasteiger partial charge in [0.1, 0.15) is 27.1 Å². The zero-order valence-electron chi connectivity index (χ0n) is 14.8. The van der Waals surface area contributed by atoms with Crippen LogP contribution in [0.1, 0.15) is 26.5 Å². The van der Waals surface area contributed by atoms with Crippen molar-refractivity contribution in [2.24, 2.45) is 5.73 Å². The van der Waals surface area contributed by atoms with Gasteiger partial charge < -0.3 is 16.6 Å². The number of aromatic nitrogens is 3. The molecule has 0 aliphatic heterocycles. The molecule has 7 nitrogen and oxygen atoms in total. The first-order valence-electron chi connectivity index (χ1n) is 8.08. The lowest BCUT2D eigenvalue weighted by Crippen LogP contribution is -2.14. The molecule has 0 radical (unpaired) electrons. The minimum Gasteiger partial charge on any atom is -0.508 e. The van der Waals surface area contributed by atoms with Crippen LogP contribution in [0.15, 0.2) is 12.1 Å². The fourth-order valence-electron chi connectivity index (χ4n) is 3.46. The third kappa shape index (κ3) is 2.37. The molecule has 3 aromatic heterocycles. The molecular formula is C18H16ClN5O2S. The Bertz CT molecular complexity index is 1270. The van der Waals surface area contributed by atoms with E-state index < -0.39 is 5.91 Å². The van der Waals surface area contributed by atoms with Crippen molar-refractivity contribution in [3.05, 3.63) is 39.0 Å². The topological polar surface area (TPSA) is 120 Å². The average molecular weight is 402 g/mol. The Morgan fingerprint density at radius 2 is 1.96 bits per heavy atom. The van der Waals surface area contributed by atoms with Crippen LogP contribution in [0.5, 0.6) is 5.75 Å². The molecule has 1 aromatic carbocycles. The van der Waals surface area contributed by atoms with Crippen LogP contribution >= 0.6 is 22.9 Å². The number of pyridine rings is 1. The average Bonchev–Trinajstić information content (AvgIpc) is 3.09. The number of halogens is 1. The van der Waals surface area contributed by atoms with Gasteiger partial charge >= 0.3 is 0 Å². The Morgan fingerprint density at radius 3 is 2.63 bits per heavy atom. The fourth-order valence-corrected chi connectivity index (χ4v) is 4.57. The number of nitrogens with two attached hydrogens (primary N) is 2. The van der Waals surface area contributed by atoms with E-state index in [1.165, 1.54) is 11.3 Å². The van der Waals surface area contributed by atoms with Gasteiger partial charge in [-0.2, -0.15) is 0 Å². The highest BCUT2D eigenvalue weighted by molar-refractivity contribution is 7.18. The number of anilines is 1. The van der Waals surface area contributed by atoms with Gasteiger partial charge in [0.15, 0.2) is 0 Å².